The second-order valence-electron chi connectivity index (χ2n) is 8.19. The molecule has 0 saturated heterocycles. The zero-order chi connectivity index (χ0) is 27.4. The molecule has 11 heteroatoms. The van der Waals surface area contributed by atoms with E-state index < -0.39 is 5.91 Å². The van der Waals surface area contributed by atoms with Crippen LogP contribution < -0.4 is 17.0 Å². The topological polar surface area (TPSA) is 147 Å². The number of nitrogen functional groups attached to an aromatic ring is 1. The van der Waals surface area contributed by atoms with E-state index in [9.17, 15) is 9.59 Å². The molecule has 10 nitrogen and oxygen atoms in total. The highest BCUT2D eigenvalue weighted by Crippen LogP contribution is 2.22. The summed E-state index contributed by atoms with van der Waals surface area (Å²) in [7, 11) is 0. The number of thiophene rings is 1. The largest absolute Gasteiger partial charge is 0.381 e. The summed E-state index contributed by atoms with van der Waals surface area (Å²) in [5.74, 6) is 6.45. The molecule has 0 bridgehead atoms. The molecule has 0 aliphatic carbocycles. The van der Waals surface area contributed by atoms with Crippen molar-refractivity contribution < 1.29 is 4.79 Å². The summed E-state index contributed by atoms with van der Waals surface area (Å²) in [6.45, 7) is 2.00. The van der Waals surface area contributed by atoms with Gasteiger partial charge in [-0.2, -0.15) is 0 Å². The third-order valence-corrected chi connectivity index (χ3v) is 6.57. The maximum absolute atomic E-state index is 13.3. The fourth-order valence-electron chi connectivity index (χ4n) is 3.92. The minimum atomic E-state index is -0.619. The average Bonchev–Trinajstić information content (AvgIpc) is 3.53. The van der Waals surface area contributed by atoms with Crippen LogP contribution in [0.25, 0.3) is 21.6 Å². The van der Waals surface area contributed by atoms with Crippen molar-refractivity contribution in [2.45, 2.75) is 13.3 Å². The van der Waals surface area contributed by atoms with Crippen molar-refractivity contribution in [2.24, 2.45) is 5.73 Å². The van der Waals surface area contributed by atoms with Crippen LogP contribution in [-0.2, 0) is 6.42 Å². The molecule has 4 N–H and O–H groups in total. The van der Waals surface area contributed by atoms with Crippen LogP contribution in [0.15, 0.2) is 83.5 Å². The summed E-state index contributed by atoms with van der Waals surface area (Å²) in [6, 6.07) is 15.0. The molecule has 192 valence electrons. The van der Waals surface area contributed by atoms with Crippen molar-refractivity contribution >= 4 is 38.9 Å². The predicted octanol–water partition coefficient (Wildman–Crippen LogP) is 3.21. The number of benzene rings is 1. The SMILES string of the molecule is CCc1nc2scc(C#Cc3ccncc3)c2c(=O)n1-c1ccccc1.NC(=O)c1c(N)nn2cccnc12. The molecule has 0 unspecified atom stereocenters. The van der Waals surface area contributed by atoms with Gasteiger partial charge in [-0.05, 0) is 30.3 Å². The summed E-state index contributed by atoms with van der Waals surface area (Å²) in [6.07, 6.45) is 7.27. The lowest BCUT2D eigenvalue weighted by molar-refractivity contribution is 0.100. The minimum absolute atomic E-state index is 0.0710. The lowest BCUT2D eigenvalue weighted by Gasteiger charge is -2.11. The number of pyridine rings is 1. The van der Waals surface area contributed by atoms with E-state index in [0.717, 1.165) is 21.9 Å². The molecular weight excluding hydrogens is 512 g/mol. The fourth-order valence-corrected chi connectivity index (χ4v) is 4.80. The minimum Gasteiger partial charge on any atom is -0.381 e. The van der Waals surface area contributed by atoms with Gasteiger partial charge in [0.1, 0.15) is 16.2 Å². The fraction of sp³-hybridized carbons (Fsp3) is 0.0714. The van der Waals surface area contributed by atoms with Gasteiger partial charge >= 0.3 is 0 Å². The van der Waals surface area contributed by atoms with Crippen molar-refractivity contribution in [1.82, 2.24) is 29.1 Å². The number of anilines is 1. The first-order valence-electron chi connectivity index (χ1n) is 11.9. The van der Waals surface area contributed by atoms with Crippen LogP contribution in [0.2, 0.25) is 0 Å². The van der Waals surface area contributed by atoms with Crippen LogP contribution in [0.3, 0.4) is 0 Å². The number of hydrogen-bond donors (Lipinski definition) is 2. The van der Waals surface area contributed by atoms with E-state index in [4.69, 9.17) is 16.5 Å². The van der Waals surface area contributed by atoms with E-state index in [1.165, 1.54) is 15.9 Å². The standard InChI is InChI=1S/C21H15N3OS.C7H7N5O/c1-2-18-23-20-19(21(25)24(18)17-6-4-3-5-7-17)16(14-26-20)9-8-15-10-12-22-13-11-15;8-5-4(6(9)13)7-10-2-1-3-12(7)11-5/h3-7,10-14H,2H2,1H3;1-3H,(H2,8,11)(H2,9,13). The van der Waals surface area contributed by atoms with Gasteiger partial charge in [0, 0.05) is 42.2 Å². The van der Waals surface area contributed by atoms with Crippen molar-refractivity contribution in [3.63, 3.8) is 0 Å². The van der Waals surface area contributed by atoms with Crippen molar-refractivity contribution in [2.75, 3.05) is 5.73 Å². The Kier molecular flexibility index (Phi) is 7.11. The highest BCUT2D eigenvalue weighted by molar-refractivity contribution is 7.17. The number of fused-ring (bicyclic) bond motifs is 2. The number of hydrogen-bond acceptors (Lipinski definition) is 8. The number of primary amides is 1. The van der Waals surface area contributed by atoms with Gasteiger partial charge in [0.15, 0.2) is 11.5 Å². The Morgan fingerprint density at radius 2 is 1.82 bits per heavy atom. The van der Waals surface area contributed by atoms with Crippen LogP contribution in [0, 0.1) is 11.8 Å². The van der Waals surface area contributed by atoms with Gasteiger partial charge in [0.05, 0.1) is 16.6 Å². The second kappa shape index (κ2) is 11.0. The van der Waals surface area contributed by atoms with Crippen molar-refractivity contribution in [1.29, 1.82) is 0 Å². The van der Waals surface area contributed by atoms with Gasteiger partial charge in [-0.25, -0.2) is 14.5 Å². The van der Waals surface area contributed by atoms with Crippen LogP contribution in [-0.4, -0.2) is 35.0 Å². The third-order valence-electron chi connectivity index (χ3n) is 5.70. The molecule has 6 aromatic rings. The molecule has 1 amide bonds. The Morgan fingerprint density at radius 1 is 1.05 bits per heavy atom. The van der Waals surface area contributed by atoms with Crippen LogP contribution in [0.5, 0.6) is 0 Å². The van der Waals surface area contributed by atoms with E-state index in [0.29, 0.717) is 23.0 Å². The number of carbonyl (C=O) groups is 1. The van der Waals surface area contributed by atoms with E-state index in [1.807, 2.05) is 54.8 Å². The molecule has 0 saturated carbocycles. The van der Waals surface area contributed by atoms with Gasteiger partial charge in [-0.1, -0.05) is 37.0 Å². The number of nitrogens with zero attached hydrogens (tertiary/aromatic N) is 6. The Hall–Kier alpha value is -5.34. The van der Waals surface area contributed by atoms with Gasteiger partial charge in [-0.3, -0.25) is 19.1 Å². The zero-order valence-corrected chi connectivity index (χ0v) is 21.6. The molecule has 0 fully saturated rings. The maximum atomic E-state index is 13.3. The first-order valence-corrected chi connectivity index (χ1v) is 12.7. The van der Waals surface area contributed by atoms with E-state index in [1.54, 1.807) is 35.4 Å². The number of carbonyl (C=O) groups excluding carboxylic acids is 1. The highest BCUT2D eigenvalue weighted by Gasteiger charge is 2.16. The van der Waals surface area contributed by atoms with E-state index >= 15 is 0 Å². The summed E-state index contributed by atoms with van der Waals surface area (Å²) < 4.78 is 3.10. The molecule has 1 aromatic carbocycles. The molecule has 0 aliphatic rings. The maximum Gasteiger partial charge on any atom is 0.268 e. The lowest BCUT2D eigenvalue weighted by atomic mass is 10.2. The van der Waals surface area contributed by atoms with Crippen LogP contribution in [0.4, 0.5) is 5.82 Å². The zero-order valence-electron chi connectivity index (χ0n) is 20.8. The summed E-state index contributed by atoms with van der Waals surface area (Å²) >= 11 is 1.46. The van der Waals surface area contributed by atoms with Gasteiger partial charge in [0.25, 0.3) is 11.5 Å². The first kappa shape index (κ1) is 25.3. The molecule has 6 rings (SSSR count). The quantitative estimate of drug-likeness (QED) is 0.331. The Bertz CT molecular complexity index is 1920. The summed E-state index contributed by atoms with van der Waals surface area (Å²) in [4.78, 5) is 37.6. The monoisotopic (exact) mass is 534 g/mol. The number of aromatic nitrogens is 6. The number of para-hydroxylation sites is 1. The summed E-state index contributed by atoms with van der Waals surface area (Å²) in [5.41, 5.74) is 13.5. The third kappa shape index (κ3) is 5.09. The van der Waals surface area contributed by atoms with Crippen molar-refractivity contribution in [3.8, 4) is 17.5 Å². The van der Waals surface area contributed by atoms with Crippen molar-refractivity contribution in [3.05, 3.63) is 112 Å². The molecule has 0 atom stereocenters. The highest BCUT2D eigenvalue weighted by atomic mass is 32.1. The molecular formula is C28H22N8O2S. The Labute approximate surface area is 226 Å². The number of aryl methyl sites for hydroxylation is 1. The molecule has 0 radical (unpaired) electrons. The molecule has 5 aromatic heterocycles. The summed E-state index contributed by atoms with van der Waals surface area (Å²) in [5, 5.41) is 6.35. The van der Waals surface area contributed by atoms with Gasteiger partial charge in [0.2, 0.25) is 0 Å². The smallest absolute Gasteiger partial charge is 0.268 e. The molecule has 39 heavy (non-hydrogen) atoms. The van der Waals surface area contributed by atoms with Gasteiger partial charge in [-0.15, -0.1) is 16.4 Å². The molecule has 5 heterocycles. The average molecular weight is 535 g/mol. The Balaban J connectivity index is 0.000000198. The Morgan fingerprint density at radius 3 is 2.54 bits per heavy atom. The second-order valence-corrected chi connectivity index (χ2v) is 9.04. The molecule has 0 aliphatic heterocycles. The first-order chi connectivity index (χ1) is 19.0. The predicted molar refractivity (Wildman–Crippen MR) is 151 cm³/mol. The van der Waals surface area contributed by atoms with E-state index in [2.05, 4.69) is 26.9 Å². The lowest BCUT2D eigenvalue weighted by Crippen LogP contribution is -2.23. The van der Waals surface area contributed by atoms with E-state index in [-0.39, 0.29) is 16.9 Å². The van der Waals surface area contributed by atoms with Gasteiger partial charge < -0.3 is 11.5 Å². The van der Waals surface area contributed by atoms with Crippen LogP contribution in [0.1, 0.15) is 34.2 Å². The molecule has 0 spiro atoms. The number of nitrogens with two attached hydrogens (primary N) is 2. The normalized spacial score (nSPS) is 10.5. The number of amides is 1. The number of rotatable bonds is 3. The van der Waals surface area contributed by atoms with Crippen LogP contribution >= 0.6 is 11.3 Å².